The number of thioether (sulfide) groups is 1. The molecule has 2 heterocycles. The third-order valence-electron chi connectivity index (χ3n) is 3.83. The van der Waals surface area contributed by atoms with E-state index in [4.69, 9.17) is 0 Å². The molecule has 23 heavy (non-hydrogen) atoms. The molecule has 0 bridgehead atoms. The highest BCUT2D eigenvalue weighted by Crippen LogP contribution is 2.39. The summed E-state index contributed by atoms with van der Waals surface area (Å²) in [6.45, 7) is 1.72. The van der Waals surface area contributed by atoms with E-state index >= 15 is 0 Å². The van der Waals surface area contributed by atoms with Crippen molar-refractivity contribution in [1.82, 2.24) is 15.1 Å². The van der Waals surface area contributed by atoms with Crippen LogP contribution in [0.5, 0.6) is 0 Å². The van der Waals surface area contributed by atoms with Gasteiger partial charge in [-0.25, -0.2) is 0 Å². The van der Waals surface area contributed by atoms with Crippen molar-refractivity contribution < 1.29 is 4.79 Å². The summed E-state index contributed by atoms with van der Waals surface area (Å²) in [7, 11) is 1.82. The largest absolute Gasteiger partial charge is 0.363 e. The zero-order valence-electron chi connectivity index (χ0n) is 13.1. The van der Waals surface area contributed by atoms with Gasteiger partial charge in [0.25, 0.3) is 0 Å². The third kappa shape index (κ3) is 4.03. The summed E-state index contributed by atoms with van der Waals surface area (Å²) >= 11 is 2.97. The number of likely N-dealkylation sites (tertiary alicyclic amines) is 1. The minimum absolute atomic E-state index is 0.183. The molecule has 1 N–H and O–H groups in total. The molecule has 1 amide bonds. The number of nitrogens with one attached hydrogen (secondary N) is 1. The Morgan fingerprint density at radius 2 is 1.96 bits per heavy atom. The van der Waals surface area contributed by atoms with Crippen molar-refractivity contribution in [1.29, 1.82) is 0 Å². The first kappa shape index (κ1) is 16.3. The van der Waals surface area contributed by atoms with Gasteiger partial charge in [0.15, 0.2) is 4.34 Å². The van der Waals surface area contributed by atoms with Gasteiger partial charge >= 0.3 is 0 Å². The van der Waals surface area contributed by atoms with Gasteiger partial charge in [0.05, 0.1) is 0 Å². The lowest BCUT2D eigenvalue weighted by molar-refractivity contribution is -0.131. The Kier molecular flexibility index (Phi) is 5.51. The number of carbonyl (C=O) groups is 1. The monoisotopic (exact) mass is 348 g/mol. The number of hydrogen-bond acceptors (Lipinski definition) is 6. The molecule has 1 fully saturated rings. The van der Waals surface area contributed by atoms with Crippen LogP contribution >= 0.6 is 23.1 Å². The van der Waals surface area contributed by atoms with E-state index in [1.54, 1.807) is 0 Å². The maximum Gasteiger partial charge on any atom is 0.240 e. The number of amides is 1. The van der Waals surface area contributed by atoms with E-state index in [0.29, 0.717) is 0 Å². The first-order chi connectivity index (χ1) is 11.3. The Morgan fingerprint density at radius 3 is 2.61 bits per heavy atom. The number of benzene rings is 1. The second kappa shape index (κ2) is 7.79. The van der Waals surface area contributed by atoms with Gasteiger partial charge in [-0.2, -0.15) is 0 Å². The van der Waals surface area contributed by atoms with Crippen LogP contribution in [0.15, 0.2) is 34.7 Å². The molecule has 1 aliphatic rings. The van der Waals surface area contributed by atoms with Gasteiger partial charge in [0.2, 0.25) is 11.0 Å². The summed E-state index contributed by atoms with van der Waals surface area (Å²) in [5.74, 6) is 0.183. The number of nitrogens with zero attached hydrogens (tertiary/aromatic N) is 3. The second-order valence-corrected chi connectivity index (χ2v) is 7.75. The van der Waals surface area contributed by atoms with E-state index in [0.717, 1.165) is 41.0 Å². The molecule has 0 unspecified atom stereocenters. The molecule has 1 aromatic carbocycles. The molecule has 0 spiro atoms. The fraction of sp³-hybridized carbons (Fsp3) is 0.438. The molecule has 1 aliphatic heterocycles. The number of carbonyl (C=O) groups excluding carboxylic acids is 1. The Morgan fingerprint density at radius 1 is 1.22 bits per heavy atom. The molecule has 0 radical (unpaired) electrons. The van der Waals surface area contributed by atoms with Gasteiger partial charge in [-0.1, -0.05) is 53.4 Å². The van der Waals surface area contributed by atoms with E-state index < -0.39 is 0 Å². The molecule has 1 aromatic heterocycles. The summed E-state index contributed by atoms with van der Waals surface area (Å²) in [5.41, 5.74) is 1.02. The van der Waals surface area contributed by atoms with Crippen molar-refractivity contribution >= 4 is 34.1 Å². The minimum atomic E-state index is -0.257. The predicted molar refractivity (Wildman–Crippen MR) is 94.9 cm³/mol. The number of anilines is 1. The number of aromatic nitrogens is 2. The first-order valence-electron chi connectivity index (χ1n) is 7.79. The second-order valence-electron chi connectivity index (χ2n) is 5.42. The van der Waals surface area contributed by atoms with E-state index in [9.17, 15) is 4.79 Å². The molecular formula is C16H20N4OS2. The summed E-state index contributed by atoms with van der Waals surface area (Å²) in [6, 6.07) is 9.96. The highest BCUT2D eigenvalue weighted by Gasteiger charge is 2.29. The van der Waals surface area contributed by atoms with Crippen molar-refractivity contribution in [3.63, 3.8) is 0 Å². The smallest absolute Gasteiger partial charge is 0.240 e. The van der Waals surface area contributed by atoms with Crippen molar-refractivity contribution in [2.24, 2.45) is 0 Å². The zero-order chi connectivity index (χ0) is 16.1. The summed E-state index contributed by atoms with van der Waals surface area (Å²) in [4.78, 5) is 15.0. The molecule has 0 saturated carbocycles. The first-order valence-corrected chi connectivity index (χ1v) is 9.49. The molecule has 0 aliphatic carbocycles. The highest BCUT2D eigenvalue weighted by molar-refractivity contribution is 8.01. The van der Waals surface area contributed by atoms with Crippen LogP contribution < -0.4 is 5.32 Å². The molecule has 122 valence electrons. The van der Waals surface area contributed by atoms with Crippen molar-refractivity contribution in [3.8, 4) is 0 Å². The molecule has 1 saturated heterocycles. The van der Waals surface area contributed by atoms with Crippen LogP contribution in [0.25, 0.3) is 0 Å². The molecule has 1 atom stereocenters. The zero-order valence-corrected chi connectivity index (χ0v) is 14.7. The summed E-state index contributed by atoms with van der Waals surface area (Å²) < 4.78 is 0.813. The van der Waals surface area contributed by atoms with Gasteiger partial charge in [-0.15, -0.1) is 10.2 Å². The van der Waals surface area contributed by atoms with Crippen LogP contribution in [0.4, 0.5) is 5.13 Å². The van der Waals surface area contributed by atoms with Gasteiger partial charge in [-0.05, 0) is 24.8 Å². The van der Waals surface area contributed by atoms with Crippen LogP contribution in [-0.4, -0.2) is 41.1 Å². The quantitative estimate of drug-likeness (QED) is 0.839. The Bertz CT molecular complexity index is 641. The van der Waals surface area contributed by atoms with Crippen LogP contribution in [0, 0.1) is 0 Å². The van der Waals surface area contributed by atoms with E-state index in [1.807, 2.05) is 42.3 Å². The van der Waals surface area contributed by atoms with Crippen LogP contribution in [-0.2, 0) is 4.79 Å². The van der Waals surface area contributed by atoms with E-state index in [2.05, 4.69) is 15.5 Å². The SMILES string of the molecule is CNc1nnc(S[C@H](C(=O)N2CCCCC2)c2ccccc2)s1. The average Bonchev–Trinajstić information content (AvgIpc) is 3.08. The maximum absolute atomic E-state index is 13.0. The average molecular weight is 348 g/mol. The fourth-order valence-electron chi connectivity index (χ4n) is 2.63. The molecule has 2 aromatic rings. The minimum Gasteiger partial charge on any atom is -0.363 e. The third-order valence-corrected chi connectivity index (χ3v) is 6.10. The van der Waals surface area contributed by atoms with Gasteiger partial charge in [0.1, 0.15) is 5.25 Å². The summed E-state index contributed by atoms with van der Waals surface area (Å²) in [5, 5.41) is 11.7. The Hall–Kier alpha value is -1.60. The molecular weight excluding hydrogens is 328 g/mol. The topological polar surface area (TPSA) is 58.1 Å². The highest BCUT2D eigenvalue weighted by atomic mass is 32.2. The van der Waals surface area contributed by atoms with E-state index in [-0.39, 0.29) is 11.2 Å². The van der Waals surface area contributed by atoms with Crippen molar-refractivity contribution in [3.05, 3.63) is 35.9 Å². The van der Waals surface area contributed by atoms with Crippen LogP contribution in [0.3, 0.4) is 0 Å². The number of piperidine rings is 1. The fourth-order valence-corrected chi connectivity index (χ4v) is 4.61. The lowest BCUT2D eigenvalue weighted by Crippen LogP contribution is -2.38. The van der Waals surface area contributed by atoms with Crippen LogP contribution in [0.1, 0.15) is 30.1 Å². The predicted octanol–water partition coefficient (Wildman–Crippen LogP) is 3.43. The van der Waals surface area contributed by atoms with Gasteiger partial charge in [-0.3, -0.25) is 4.79 Å². The molecule has 5 nitrogen and oxygen atoms in total. The maximum atomic E-state index is 13.0. The Labute approximate surface area is 144 Å². The van der Waals surface area contributed by atoms with Gasteiger partial charge < -0.3 is 10.2 Å². The van der Waals surface area contributed by atoms with Crippen molar-refractivity contribution in [2.45, 2.75) is 28.9 Å². The van der Waals surface area contributed by atoms with Gasteiger partial charge in [0, 0.05) is 20.1 Å². The summed E-state index contributed by atoms with van der Waals surface area (Å²) in [6.07, 6.45) is 3.41. The normalized spacial score (nSPS) is 16.1. The molecule has 3 rings (SSSR count). The van der Waals surface area contributed by atoms with Crippen LogP contribution in [0.2, 0.25) is 0 Å². The van der Waals surface area contributed by atoms with E-state index in [1.165, 1.54) is 29.5 Å². The number of rotatable bonds is 5. The van der Waals surface area contributed by atoms with Crippen molar-refractivity contribution in [2.75, 3.05) is 25.5 Å². The standard InChI is InChI=1S/C16H20N4OS2/c1-17-15-18-19-16(23-15)22-13(12-8-4-2-5-9-12)14(21)20-10-6-3-7-11-20/h2,4-5,8-9,13H,3,6-7,10-11H2,1H3,(H,17,18)/t13-/m0/s1. The lowest BCUT2D eigenvalue weighted by atomic mass is 10.1. The molecule has 7 heteroatoms. The Balaban J connectivity index is 1.82. The number of hydrogen-bond donors (Lipinski definition) is 1. The lowest BCUT2D eigenvalue weighted by Gasteiger charge is -2.30.